The van der Waals surface area contributed by atoms with E-state index in [0.29, 0.717) is 16.7 Å². The molecule has 0 radical (unpaired) electrons. The summed E-state index contributed by atoms with van der Waals surface area (Å²) in [6.45, 7) is 21.6. The van der Waals surface area contributed by atoms with Gasteiger partial charge >= 0.3 is 0 Å². The molecule has 0 spiro atoms. The highest BCUT2D eigenvalue weighted by Gasteiger charge is 2.71. The molecule has 2 heteroatoms. The maximum Gasteiger partial charge on any atom is 0.0654 e. The SMILES string of the molecule is CC(C)=CCC[C@](C)(O)C1CC[C@]2(C)C1[C@H](O)CC1[C@@]3(C)CC[C@H](C)C(C)(C)C3CC[C@]12C. The normalized spacial score (nSPS) is 50.5. The average Bonchev–Trinajstić information content (AvgIpc) is 3.08. The summed E-state index contributed by atoms with van der Waals surface area (Å²) in [5.74, 6) is 2.54. The lowest BCUT2D eigenvalue weighted by Gasteiger charge is -2.70. The summed E-state index contributed by atoms with van der Waals surface area (Å²) in [4.78, 5) is 0. The molecule has 4 fully saturated rings. The maximum atomic E-state index is 11.8. The molecule has 0 amide bonds. The van der Waals surface area contributed by atoms with Crippen LogP contribution in [-0.2, 0) is 0 Å². The Morgan fingerprint density at radius 1 is 0.939 bits per heavy atom. The maximum absolute atomic E-state index is 11.8. The predicted molar refractivity (Wildman–Crippen MR) is 139 cm³/mol. The van der Waals surface area contributed by atoms with Crippen molar-refractivity contribution in [1.82, 2.24) is 0 Å². The van der Waals surface area contributed by atoms with Crippen LogP contribution in [0.2, 0.25) is 0 Å². The Hall–Kier alpha value is -0.340. The summed E-state index contributed by atoms with van der Waals surface area (Å²) in [5.41, 5.74) is 1.68. The van der Waals surface area contributed by atoms with Gasteiger partial charge in [0.25, 0.3) is 0 Å². The first-order valence-corrected chi connectivity index (χ1v) is 14.1. The van der Waals surface area contributed by atoms with Crippen molar-refractivity contribution >= 4 is 0 Å². The Labute approximate surface area is 205 Å². The first-order chi connectivity index (χ1) is 15.1. The number of fused-ring (bicyclic) bond motifs is 5. The van der Waals surface area contributed by atoms with Crippen molar-refractivity contribution in [2.45, 2.75) is 132 Å². The summed E-state index contributed by atoms with van der Waals surface area (Å²) in [7, 11) is 0. The van der Waals surface area contributed by atoms with Crippen LogP contribution in [0.4, 0.5) is 0 Å². The average molecular weight is 459 g/mol. The highest BCUT2D eigenvalue weighted by Crippen LogP contribution is 2.76. The lowest BCUT2D eigenvalue weighted by Crippen LogP contribution is -2.66. The number of aliphatic hydroxyl groups is 2. The second kappa shape index (κ2) is 8.09. The van der Waals surface area contributed by atoms with Crippen LogP contribution >= 0.6 is 0 Å². The van der Waals surface area contributed by atoms with Gasteiger partial charge in [-0.3, -0.25) is 0 Å². The van der Waals surface area contributed by atoms with Crippen LogP contribution in [0.3, 0.4) is 0 Å². The number of hydrogen-bond acceptors (Lipinski definition) is 2. The third-order valence-electron chi connectivity index (χ3n) is 12.9. The highest BCUT2D eigenvalue weighted by molar-refractivity contribution is 5.19. The van der Waals surface area contributed by atoms with E-state index in [9.17, 15) is 10.2 Å². The molecule has 4 saturated carbocycles. The molecule has 0 saturated heterocycles. The Balaban J connectivity index is 1.66. The van der Waals surface area contributed by atoms with Gasteiger partial charge in [0.05, 0.1) is 11.7 Å². The molecule has 0 aromatic heterocycles. The molecule has 33 heavy (non-hydrogen) atoms. The zero-order chi connectivity index (χ0) is 24.6. The smallest absolute Gasteiger partial charge is 0.0654 e. The topological polar surface area (TPSA) is 40.5 Å². The van der Waals surface area contributed by atoms with Gasteiger partial charge in [-0.25, -0.2) is 0 Å². The third-order valence-corrected chi connectivity index (χ3v) is 12.9. The first-order valence-electron chi connectivity index (χ1n) is 14.1. The van der Waals surface area contributed by atoms with Crippen LogP contribution in [0.15, 0.2) is 11.6 Å². The minimum atomic E-state index is -0.706. The summed E-state index contributed by atoms with van der Waals surface area (Å²) in [5, 5.41) is 23.5. The van der Waals surface area contributed by atoms with Gasteiger partial charge in [-0.2, -0.15) is 0 Å². The zero-order valence-electron chi connectivity index (χ0n) is 23.3. The number of hydrogen-bond donors (Lipinski definition) is 2. The van der Waals surface area contributed by atoms with Crippen LogP contribution < -0.4 is 0 Å². The van der Waals surface area contributed by atoms with Crippen molar-refractivity contribution in [3.63, 3.8) is 0 Å². The summed E-state index contributed by atoms with van der Waals surface area (Å²) in [6, 6.07) is 0. The van der Waals surface area contributed by atoms with E-state index >= 15 is 0 Å². The van der Waals surface area contributed by atoms with Gasteiger partial charge in [-0.15, -0.1) is 0 Å². The van der Waals surface area contributed by atoms with Gasteiger partial charge in [0.2, 0.25) is 0 Å². The van der Waals surface area contributed by atoms with Gasteiger partial charge in [0.15, 0.2) is 0 Å². The highest BCUT2D eigenvalue weighted by atomic mass is 16.3. The standard InChI is InChI=1S/C31H54O2/c1-20(2)11-10-15-31(9,33)22-13-17-30(8)26(22)23(32)19-25-28(6)16-12-21(3)27(4,5)24(28)14-18-29(25,30)7/h11,21-26,32-33H,10,12-19H2,1-9H3/t21-,22?,23+,24?,25?,26?,28-,29+,30+,31-/m0/s1. The van der Waals surface area contributed by atoms with Crippen LogP contribution in [0, 0.1) is 51.2 Å². The molecule has 0 aromatic rings. The number of allylic oxidation sites excluding steroid dienone is 2. The lowest BCUT2D eigenvalue weighted by atomic mass is 9.34. The molecule has 4 aliphatic carbocycles. The van der Waals surface area contributed by atoms with Gasteiger partial charge < -0.3 is 10.2 Å². The van der Waals surface area contributed by atoms with Crippen molar-refractivity contribution in [3.8, 4) is 0 Å². The van der Waals surface area contributed by atoms with Crippen molar-refractivity contribution < 1.29 is 10.2 Å². The summed E-state index contributed by atoms with van der Waals surface area (Å²) >= 11 is 0. The quantitative estimate of drug-likeness (QED) is 0.422. The van der Waals surface area contributed by atoms with Gasteiger partial charge in [0, 0.05) is 0 Å². The first kappa shape index (κ1) is 25.7. The fourth-order valence-electron chi connectivity index (χ4n) is 10.5. The molecule has 0 bridgehead atoms. The van der Waals surface area contributed by atoms with Crippen LogP contribution in [0.5, 0.6) is 0 Å². The third kappa shape index (κ3) is 3.62. The van der Waals surface area contributed by atoms with E-state index in [-0.39, 0.29) is 28.8 Å². The fourth-order valence-corrected chi connectivity index (χ4v) is 10.5. The van der Waals surface area contributed by atoms with Gasteiger partial charge in [0.1, 0.15) is 0 Å². The molecular weight excluding hydrogens is 404 g/mol. The molecule has 0 aliphatic heterocycles. The van der Waals surface area contributed by atoms with Crippen molar-refractivity contribution in [2.75, 3.05) is 0 Å². The van der Waals surface area contributed by atoms with Gasteiger partial charge in [-0.05, 0) is 130 Å². The van der Waals surface area contributed by atoms with Crippen LogP contribution in [0.25, 0.3) is 0 Å². The molecule has 0 heterocycles. The Kier molecular flexibility index (Phi) is 6.31. The minimum Gasteiger partial charge on any atom is -0.393 e. The van der Waals surface area contributed by atoms with E-state index < -0.39 is 5.60 Å². The Morgan fingerprint density at radius 2 is 1.58 bits per heavy atom. The minimum absolute atomic E-state index is 0.113. The van der Waals surface area contributed by atoms with E-state index in [2.05, 4.69) is 68.4 Å². The van der Waals surface area contributed by atoms with Crippen molar-refractivity contribution in [3.05, 3.63) is 11.6 Å². The zero-order valence-corrected chi connectivity index (χ0v) is 23.3. The molecule has 2 nitrogen and oxygen atoms in total. The van der Waals surface area contributed by atoms with Crippen LogP contribution in [-0.4, -0.2) is 21.9 Å². The van der Waals surface area contributed by atoms with E-state index in [4.69, 9.17) is 0 Å². The van der Waals surface area contributed by atoms with E-state index in [1.54, 1.807) is 0 Å². The molecule has 4 aliphatic rings. The van der Waals surface area contributed by atoms with E-state index in [1.807, 2.05) is 0 Å². The lowest BCUT2D eigenvalue weighted by molar-refractivity contribution is -0.240. The molecule has 4 rings (SSSR count). The molecule has 4 unspecified atom stereocenters. The monoisotopic (exact) mass is 458 g/mol. The number of aliphatic hydroxyl groups excluding tert-OH is 1. The predicted octanol–water partition coefficient (Wildman–Crippen LogP) is 7.78. The molecular formula is C31H54O2. The summed E-state index contributed by atoms with van der Waals surface area (Å²) < 4.78 is 0. The van der Waals surface area contributed by atoms with Crippen LogP contribution in [0.1, 0.15) is 120 Å². The molecule has 2 N–H and O–H groups in total. The van der Waals surface area contributed by atoms with E-state index in [0.717, 1.165) is 43.9 Å². The number of rotatable bonds is 4. The molecule has 0 aromatic carbocycles. The second-order valence-corrected chi connectivity index (χ2v) is 14.9. The molecule has 10 atom stereocenters. The second-order valence-electron chi connectivity index (χ2n) is 14.9. The van der Waals surface area contributed by atoms with Crippen molar-refractivity contribution in [2.24, 2.45) is 51.2 Å². The fraction of sp³-hybridized carbons (Fsp3) is 0.935. The van der Waals surface area contributed by atoms with Gasteiger partial charge in [-0.1, -0.05) is 53.2 Å². The van der Waals surface area contributed by atoms with Crippen molar-refractivity contribution in [1.29, 1.82) is 0 Å². The Morgan fingerprint density at radius 3 is 2.21 bits per heavy atom. The molecule has 190 valence electrons. The largest absolute Gasteiger partial charge is 0.393 e. The van der Waals surface area contributed by atoms with E-state index in [1.165, 1.54) is 31.3 Å². The Bertz CT molecular complexity index is 776. The summed E-state index contributed by atoms with van der Waals surface area (Å²) in [6.07, 6.45) is 12.1.